The molecule has 1 saturated carbocycles. The molecule has 1 heterocycles. The summed E-state index contributed by atoms with van der Waals surface area (Å²) >= 11 is 0. The molecule has 1 fully saturated rings. The number of nitrogens with one attached hydrogen (secondary N) is 1. The van der Waals surface area contributed by atoms with Crippen LogP contribution in [0, 0.1) is 11.8 Å². The van der Waals surface area contributed by atoms with E-state index < -0.39 is 5.97 Å². The number of nitrogens with zero attached hydrogens (tertiary/aromatic N) is 1. The normalized spacial score (nSPS) is 22.6. The number of aliphatic hydroxyl groups is 1. The van der Waals surface area contributed by atoms with E-state index in [1.54, 1.807) is 6.07 Å². The second-order valence-corrected chi connectivity index (χ2v) is 5.08. The number of hydrogen-bond acceptors (Lipinski definition) is 4. The van der Waals surface area contributed by atoms with Crippen LogP contribution >= 0.6 is 0 Å². The Morgan fingerprint density at radius 2 is 2.16 bits per heavy atom. The SMILES string of the molecule is O=C(O)c1cccc(CNCC2CCCC2CO)n1. The Kier molecular flexibility index (Phi) is 4.87. The van der Waals surface area contributed by atoms with E-state index in [1.165, 1.54) is 12.5 Å². The minimum atomic E-state index is -1.00. The van der Waals surface area contributed by atoms with E-state index in [0.717, 1.165) is 25.1 Å². The molecule has 104 valence electrons. The van der Waals surface area contributed by atoms with E-state index in [0.29, 0.717) is 18.4 Å². The van der Waals surface area contributed by atoms with E-state index in [-0.39, 0.29) is 12.3 Å². The minimum Gasteiger partial charge on any atom is -0.477 e. The van der Waals surface area contributed by atoms with Crippen LogP contribution in [0.5, 0.6) is 0 Å². The van der Waals surface area contributed by atoms with Crippen molar-refractivity contribution in [3.8, 4) is 0 Å². The van der Waals surface area contributed by atoms with E-state index in [9.17, 15) is 9.90 Å². The Hall–Kier alpha value is -1.46. The molecule has 0 bridgehead atoms. The highest BCUT2D eigenvalue weighted by molar-refractivity contribution is 5.85. The van der Waals surface area contributed by atoms with Crippen LogP contribution in [0.2, 0.25) is 0 Å². The summed E-state index contributed by atoms with van der Waals surface area (Å²) in [5.74, 6) is -0.0727. The highest BCUT2D eigenvalue weighted by Gasteiger charge is 2.25. The lowest BCUT2D eigenvalue weighted by Crippen LogP contribution is -2.26. The third kappa shape index (κ3) is 3.75. The molecule has 1 aromatic heterocycles. The minimum absolute atomic E-state index is 0.0772. The molecule has 5 nitrogen and oxygen atoms in total. The van der Waals surface area contributed by atoms with E-state index in [2.05, 4.69) is 10.3 Å². The van der Waals surface area contributed by atoms with Gasteiger partial charge in [-0.15, -0.1) is 0 Å². The lowest BCUT2D eigenvalue weighted by atomic mass is 9.97. The number of carboxylic acids is 1. The van der Waals surface area contributed by atoms with Gasteiger partial charge in [0.1, 0.15) is 5.69 Å². The molecule has 1 aliphatic rings. The van der Waals surface area contributed by atoms with Crippen LogP contribution < -0.4 is 5.32 Å². The first-order valence-corrected chi connectivity index (χ1v) is 6.71. The van der Waals surface area contributed by atoms with Crippen molar-refractivity contribution in [2.24, 2.45) is 11.8 Å². The van der Waals surface area contributed by atoms with Crippen molar-refractivity contribution in [2.75, 3.05) is 13.2 Å². The van der Waals surface area contributed by atoms with Crippen molar-refractivity contribution in [1.82, 2.24) is 10.3 Å². The van der Waals surface area contributed by atoms with Gasteiger partial charge in [0.25, 0.3) is 0 Å². The molecule has 3 N–H and O–H groups in total. The van der Waals surface area contributed by atoms with Crippen LogP contribution in [0.15, 0.2) is 18.2 Å². The molecule has 5 heteroatoms. The molecule has 0 aliphatic heterocycles. The number of aliphatic hydroxyl groups excluding tert-OH is 1. The smallest absolute Gasteiger partial charge is 0.354 e. The van der Waals surface area contributed by atoms with Gasteiger partial charge in [0.2, 0.25) is 0 Å². The molecule has 2 atom stereocenters. The van der Waals surface area contributed by atoms with Crippen LogP contribution in [0.1, 0.15) is 35.4 Å². The maximum atomic E-state index is 10.8. The number of pyridine rings is 1. The van der Waals surface area contributed by atoms with Crippen LogP contribution in [-0.4, -0.2) is 34.3 Å². The first-order chi connectivity index (χ1) is 9.20. The quantitative estimate of drug-likeness (QED) is 0.721. The summed E-state index contributed by atoms with van der Waals surface area (Å²) < 4.78 is 0. The monoisotopic (exact) mass is 264 g/mol. The van der Waals surface area contributed by atoms with Gasteiger partial charge in [0.05, 0.1) is 5.69 Å². The maximum absolute atomic E-state index is 10.8. The fourth-order valence-electron chi connectivity index (χ4n) is 2.71. The first kappa shape index (κ1) is 14.0. The molecular formula is C14H20N2O3. The number of carbonyl (C=O) groups is 1. The second kappa shape index (κ2) is 6.63. The van der Waals surface area contributed by atoms with Gasteiger partial charge in [-0.25, -0.2) is 9.78 Å². The van der Waals surface area contributed by atoms with Gasteiger partial charge in [-0.05, 0) is 43.4 Å². The highest BCUT2D eigenvalue weighted by atomic mass is 16.4. The molecule has 1 aromatic rings. The molecule has 0 spiro atoms. The predicted octanol–water partition coefficient (Wildman–Crippen LogP) is 1.28. The number of rotatable bonds is 6. The molecule has 0 radical (unpaired) electrons. The van der Waals surface area contributed by atoms with Crippen molar-refractivity contribution >= 4 is 5.97 Å². The Balaban J connectivity index is 1.82. The summed E-state index contributed by atoms with van der Waals surface area (Å²) in [6.07, 6.45) is 3.45. The average Bonchev–Trinajstić information content (AvgIpc) is 2.86. The number of carboxylic acid groups (broad SMARTS) is 1. The second-order valence-electron chi connectivity index (χ2n) is 5.08. The molecular weight excluding hydrogens is 244 g/mol. The first-order valence-electron chi connectivity index (χ1n) is 6.71. The van der Waals surface area contributed by atoms with Gasteiger partial charge >= 0.3 is 5.97 Å². The van der Waals surface area contributed by atoms with Gasteiger partial charge in [-0.3, -0.25) is 0 Å². The summed E-state index contributed by atoms with van der Waals surface area (Å²) in [4.78, 5) is 14.9. The summed E-state index contributed by atoms with van der Waals surface area (Å²) in [6.45, 7) is 1.68. The Morgan fingerprint density at radius 1 is 1.37 bits per heavy atom. The molecule has 0 amide bonds. The van der Waals surface area contributed by atoms with Crippen LogP contribution in [0.3, 0.4) is 0 Å². The van der Waals surface area contributed by atoms with Gasteiger partial charge in [0.15, 0.2) is 0 Å². The Bertz CT molecular complexity index is 436. The maximum Gasteiger partial charge on any atom is 0.354 e. The van der Waals surface area contributed by atoms with E-state index >= 15 is 0 Å². The fourth-order valence-corrected chi connectivity index (χ4v) is 2.71. The van der Waals surface area contributed by atoms with Crippen molar-refractivity contribution < 1.29 is 15.0 Å². The van der Waals surface area contributed by atoms with Crippen molar-refractivity contribution in [1.29, 1.82) is 0 Å². The van der Waals surface area contributed by atoms with E-state index in [4.69, 9.17) is 5.11 Å². The average molecular weight is 264 g/mol. The van der Waals surface area contributed by atoms with Crippen molar-refractivity contribution in [2.45, 2.75) is 25.8 Å². The number of hydrogen-bond donors (Lipinski definition) is 3. The number of aromatic carboxylic acids is 1. The van der Waals surface area contributed by atoms with Gasteiger partial charge in [0, 0.05) is 13.2 Å². The lowest BCUT2D eigenvalue weighted by molar-refractivity contribution is 0.0690. The summed E-state index contributed by atoms with van der Waals surface area (Å²) in [5, 5.41) is 21.4. The van der Waals surface area contributed by atoms with Crippen LogP contribution in [-0.2, 0) is 6.54 Å². The molecule has 2 rings (SSSR count). The largest absolute Gasteiger partial charge is 0.477 e. The summed E-state index contributed by atoms with van der Waals surface area (Å²) in [5.41, 5.74) is 0.812. The zero-order chi connectivity index (χ0) is 13.7. The molecule has 1 aliphatic carbocycles. The zero-order valence-electron chi connectivity index (χ0n) is 10.9. The third-order valence-corrected chi connectivity index (χ3v) is 3.79. The van der Waals surface area contributed by atoms with E-state index in [1.807, 2.05) is 6.07 Å². The molecule has 0 aromatic carbocycles. The Morgan fingerprint density at radius 3 is 2.89 bits per heavy atom. The standard InChI is InChI=1S/C14H20N2O3/c17-9-11-4-1-3-10(11)7-15-8-12-5-2-6-13(16-12)14(18)19/h2,5-6,10-11,15,17H,1,3-4,7-9H2,(H,18,19). The molecule has 2 unspecified atom stereocenters. The van der Waals surface area contributed by atoms with Crippen LogP contribution in [0.25, 0.3) is 0 Å². The van der Waals surface area contributed by atoms with Gasteiger partial charge < -0.3 is 15.5 Å². The fraction of sp³-hybridized carbons (Fsp3) is 0.571. The Labute approximate surface area is 112 Å². The highest BCUT2D eigenvalue weighted by Crippen LogP contribution is 2.30. The summed E-state index contributed by atoms with van der Waals surface area (Å²) in [6, 6.07) is 5.02. The lowest BCUT2D eigenvalue weighted by Gasteiger charge is -2.17. The number of aromatic nitrogens is 1. The third-order valence-electron chi connectivity index (χ3n) is 3.79. The van der Waals surface area contributed by atoms with Crippen molar-refractivity contribution in [3.63, 3.8) is 0 Å². The molecule has 19 heavy (non-hydrogen) atoms. The van der Waals surface area contributed by atoms with Gasteiger partial charge in [-0.2, -0.15) is 0 Å². The van der Waals surface area contributed by atoms with Crippen molar-refractivity contribution in [3.05, 3.63) is 29.6 Å². The molecule has 0 saturated heterocycles. The van der Waals surface area contributed by atoms with Crippen LogP contribution in [0.4, 0.5) is 0 Å². The summed E-state index contributed by atoms with van der Waals surface area (Å²) in [7, 11) is 0. The predicted molar refractivity (Wildman–Crippen MR) is 70.8 cm³/mol. The van der Waals surface area contributed by atoms with Gasteiger partial charge in [-0.1, -0.05) is 12.5 Å². The zero-order valence-corrected chi connectivity index (χ0v) is 10.9. The topological polar surface area (TPSA) is 82.5 Å².